The lowest BCUT2D eigenvalue weighted by Gasteiger charge is -2.42. The van der Waals surface area contributed by atoms with Gasteiger partial charge < -0.3 is 9.64 Å². The fraction of sp³-hybridized carbons (Fsp3) is 0.984. The second-order valence-corrected chi connectivity index (χ2v) is 22.1. The third-order valence-electron chi connectivity index (χ3n) is 18.4. The van der Waals surface area contributed by atoms with E-state index in [9.17, 15) is 4.79 Å². The lowest BCUT2D eigenvalue weighted by atomic mass is 9.71. The van der Waals surface area contributed by atoms with Crippen LogP contribution in [0.4, 0.5) is 0 Å². The van der Waals surface area contributed by atoms with Crippen LogP contribution in [0.1, 0.15) is 309 Å². The van der Waals surface area contributed by atoms with Gasteiger partial charge in [-0.15, -0.1) is 0 Å². The highest BCUT2D eigenvalue weighted by Crippen LogP contribution is 2.49. The summed E-state index contributed by atoms with van der Waals surface area (Å²) in [5.74, 6) is 13.4. The Hall–Kier alpha value is -0.570. The minimum atomic E-state index is 0.384. The van der Waals surface area contributed by atoms with Crippen LogP contribution in [0, 0.1) is 71.0 Å². The monoisotopic (exact) mass is 942 g/mol. The zero-order valence-corrected chi connectivity index (χ0v) is 48.9. The predicted octanol–water partition coefficient (Wildman–Crippen LogP) is 20.8. The largest absolute Gasteiger partial charge is 0.378 e. The van der Waals surface area contributed by atoms with E-state index in [0.29, 0.717) is 24.0 Å². The third-order valence-corrected chi connectivity index (χ3v) is 18.4. The first kappa shape index (κ1) is 64.4. The maximum Gasteiger partial charge on any atom is 0.225 e. The molecule has 0 aromatic carbocycles. The van der Waals surface area contributed by atoms with Gasteiger partial charge in [0.15, 0.2) is 0 Å². The van der Waals surface area contributed by atoms with Crippen LogP contribution in [0.15, 0.2) is 0 Å². The second kappa shape index (κ2) is 40.0. The summed E-state index contributed by atoms with van der Waals surface area (Å²) < 4.78 is 5.48. The molecule has 4 saturated heterocycles. The van der Waals surface area contributed by atoms with E-state index >= 15 is 0 Å². The van der Waals surface area contributed by atoms with Crippen molar-refractivity contribution < 1.29 is 9.53 Å². The molecule has 400 valence electrons. The van der Waals surface area contributed by atoms with Crippen LogP contribution >= 0.6 is 0 Å². The van der Waals surface area contributed by atoms with Gasteiger partial charge in [0.05, 0.1) is 6.10 Å². The van der Waals surface area contributed by atoms with Crippen LogP contribution in [-0.4, -0.2) is 36.6 Å². The molecule has 14 bridgehead atoms. The SMILES string of the molecule is C1CC2CC1C2.C1CC2CC1C2.C1CC2CCC(C1)C2.C1CC2CCC1C2.C1CC2CCC1CC2.C1CC2CCC1CO2.CC.CC.CC.CC.CC.CC.CC.CN1C(=O)C2CCC1CC2. The minimum absolute atomic E-state index is 0.384. The molecule has 1 amide bonds. The molecule has 19 aliphatic rings. The minimum Gasteiger partial charge on any atom is -0.378 e. The van der Waals surface area contributed by atoms with Gasteiger partial charge in [0.2, 0.25) is 5.91 Å². The van der Waals surface area contributed by atoms with E-state index in [0.717, 1.165) is 49.0 Å². The van der Waals surface area contributed by atoms with Crippen molar-refractivity contribution in [3.63, 3.8) is 0 Å². The first-order chi connectivity index (χ1) is 33.0. The molecule has 0 aromatic rings. The molecule has 4 heterocycles. The molecule has 15 aliphatic carbocycles. The molecular weight excluding hydrogens is 815 g/mol. The predicted molar refractivity (Wildman–Crippen MR) is 300 cm³/mol. The first-order valence-electron chi connectivity index (χ1n) is 31.9. The number of carbonyl (C=O) groups is 1. The van der Waals surface area contributed by atoms with Crippen LogP contribution in [0.25, 0.3) is 0 Å². The summed E-state index contributed by atoms with van der Waals surface area (Å²) in [4.78, 5) is 13.3. The summed E-state index contributed by atoms with van der Waals surface area (Å²) in [6.07, 6.45) is 50.1. The number of hydrogen-bond donors (Lipinski definition) is 0. The van der Waals surface area contributed by atoms with Gasteiger partial charge in [-0.3, -0.25) is 4.79 Å². The van der Waals surface area contributed by atoms with Crippen molar-refractivity contribution in [1.82, 2.24) is 4.90 Å². The van der Waals surface area contributed by atoms with Crippen molar-refractivity contribution in [3.8, 4) is 0 Å². The number of nitrogens with zero attached hydrogens (tertiary/aromatic N) is 1. The third kappa shape index (κ3) is 23.2. The summed E-state index contributed by atoms with van der Waals surface area (Å²) in [7, 11) is 1.94. The van der Waals surface area contributed by atoms with E-state index in [1.54, 1.807) is 154 Å². The Bertz CT molecular complexity index is 916. The molecular formula is C64H127NO2. The summed E-state index contributed by atoms with van der Waals surface area (Å²) in [6.45, 7) is 29.1. The van der Waals surface area contributed by atoms with Crippen molar-refractivity contribution in [1.29, 1.82) is 0 Å². The van der Waals surface area contributed by atoms with Crippen molar-refractivity contribution >= 4 is 5.91 Å². The van der Waals surface area contributed by atoms with Crippen molar-refractivity contribution in [2.45, 2.75) is 321 Å². The normalized spacial score (nSPS) is 36.9. The van der Waals surface area contributed by atoms with Crippen molar-refractivity contribution in [3.05, 3.63) is 0 Å². The smallest absolute Gasteiger partial charge is 0.225 e. The lowest BCUT2D eigenvalue weighted by molar-refractivity contribution is -0.144. The number of ether oxygens (including phenoxy) is 1. The van der Waals surface area contributed by atoms with Crippen molar-refractivity contribution in [2.24, 2.45) is 71.0 Å². The van der Waals surface area contributed by atoms with Gasteiger partial charge in [0.25, 0.3) is 0 Å². The summed E-state index contributed by atoms with van der Waals surface area (Å²) in [5.41, 5.74) is 0. The quantitative estimate of drug-likeness (QED) is 0.242. The average Bonchev–Trinajstić information content (AvgIpc) is 4.32. The molecule has 15 saturated carbocycles. The summed E-state index contributed by atoms with van der Waals surface area (Å²) >= 11 is 0. The highest BCUT2D eigenvalue weighted by molar-refractivity contribution is 5.80. The Morgan fingerprint density at radius 2 is 0.582 bits per heavy atom. The highest BCUT2D eigenvalue weighted by Gasteiger charge is 2.38. The summed E-state index contributed by atoms with van der Waals surface area (Å²) in [6, 6.07) is 0.581. The van der Waals surface area contributed by atoms with Gasteiger partial charge in [-0.1, -0.05) is 219 Å². The molecule has 2 atom stereocenters. The fourth-order valence-corrected chi connectivity index (χ4v) is 14.4. The van der Waals surface area contributed by atoms with E-state index < -0.39 is 0 Å². The van der Waals surface area contributed by atoms with Crippen molar-refractivity contribution in [2.75, 3.05) is 13.7 Å². The lowest BCUT2D eigenvalue weighted by Crippen LogP contribution is -2.49. The summed E-state index contributed by atoms with van der Waals surface area (Å²) in [5, 5.41) is 0. The standard InChI is InChI=1S/C8H13NO.2C8H14.C7H12O.C7H12.2C6H10.7C2H6/c1-9-7-4-2-6(3-5-7)8(9)10;1-2-8-5-3-7(1)4-6-8;1-2-7-4-5-8(3-1)6-7;1-3-7-4-2-6(1)5-8-7;1-2-7-4-3-6(1)5-7;2*1-2-6-3-5(1)4-6;7*1-2/h6-7H,2-5H2,1H3;2*7-8H,1-6H2;6-7H,1-5H2;6-7H,1-5H2;2*5-6H,1-4H2;7*1-2H3. The average molecular weight is 943 g/mol. The molecule has 0 aromatic heterocycles. The molecule has 4 aliphatic heterocycles. The number of fused-ring (bicyclic) bond motifs is 15. The zero-order valence-electron chi connectivity index (χ0n) is 48.9. The molecule has 67 heavy (non-hydrogen) atoms. The molecule has 3 heteroatoms. The Morgan fingerprint density at radius 3 is 0.731 bits per heavy atom. The number of piperidine rings is 2. The fourth-order valence-electron chi connectivity index (χ4n) is 14.4. The van der Waals surface area contributed by atoms with Gasteiger partial charge in [0.1, 0.15) is 0 Å². The van der Waals surface area contributed by atoms with Gasteiger partial charge in [-0.2, -0.15) is 0 Å². The Balaban J connectivity index is 0.000000376. The number of carbonyl (C=O) groups excluding carboxylic acids is 1. The zero-order chi connectivity index (χ0) is 50.0. The van der Waals surface area contributed by atoms with E-state index in [2.05, 4.69) is 0 Å². The molecule has 19 fully saturated rings. The van der Waals surface area contributed by atoms with Gasteiger partial charge in [-0.05, 0) is 155 Å². The van der Waals surface area contributed by atoms with Crippen LogP contribution in [0.5, 0.6) is 0 Å². The highest BCUT2D eigenvalue weighted by atomic mass is 16.5. The second-order valence-electron chi connectivity index (χ2n) is 22.1. The number of rotatable bonds is 0. The van der Waals surface area contributed by atoms with Crippen LogP contribution in [0.2, 0.25) is 0 Å². The molecule has 0 radical (unpaired) electrons. The first-order valence-corrected chi connectivity index (χ1v) is 31.9. The Labute approximate surface area is 424 Å². The Kier molecular flexibility index (Phi) is 38.5. The van der Waals surface area contributed by atoms with Gasteiger partial charge in [0, 0.05) is 25.6 Å². The maximum absolute atomic E-state index is 11.3. The van der Waals surface area contributed by atoms with Gasteiger partial charge >= 0.3 is 0 Å². The molecule has 0 N–H and O–H groups in total. The van der Waals surface area contributed by atoms with E-state index in [1.807, 2.05) is 109 Å². The number of amides is 1. The van der Waals surface area contributed by atoms with Gasteiger partial charge in [-0.25, -0.2) is 0 Å². The number of hydrogen-bond acceptors (Lipinski definition) is 2. The van der Waals surface area contributed by atoms with E-state index in [1.165, 1.54) is 80.5 Å². The maximum atomic E-state index is 11.3. The van der Waals surface area contributed by atoms with E-state index in [4.69, 9.17) is 4.74 Å². The Morgan fingerprint density at radius 1 is 0.313 bits per heavy atom. The topological polar surface area (TPSA) is 29.5 Å². The molecule has 3 nitrogen and oxygen atoms in total. The molecule has 0 spiro atoms. The molecule has 2 unspecified atom stereocenters. The molecule has 19 rings (SSSR count). The van der Waals surface area contributed by atoms with E-state index in [-0.39, 0.29) is 0 Å². The van der Waals surface area contributed by atoms with Crippen LogP contribution < -0.4 is 0 Å². The van der Waals surface area contributed by atoms with Crippen LogP contribution in [0.3, 0.4) is 0 Å². The van der Waals surface area contributed by atoms with Crippen LogP contribution in [-0.2, 0) is 9.53 Å².